The van der Waals surface area contributed by atoms with Crippen LogP contribution in [-0.2, 0) is 6.54 Å². The first-order valence-electron chi connectivity index (χ1n) is 5.66. The lowest BCUT2D eigenvalue weighted by atomic mass is 10.1. The number of hydrogen-bond acceptors (Lipinski definition) is 2. The SMILES string of the molecule is O=C(NCc1cccc2[nH]ccc12)c1cn[nH]c1. The van der Waals surface area contributed by atoms with Gasteiger partial charge in [-0.1, -0.05) is 12.1 Å². The van der Waals surface area contributed by atoms with Crippen LogP contribution in [0.1, 0.15) is 15.9 Å². The van der Waals surface area contributed by atoms with E-state index < -0.39 is 0 Å². The van der Waals surface area contributed by atoms with E-state index in [4.69, 9.17) is 0 Å². The molecule has 0 atom stereocenters. The highest BCUT2D eigenvalue weighted by Gasteiger charge is 2.07. The van der Waals surface area contributed by atoms with Crippen LogP contribution >= 0.6 is 0 Å². The van der Waals surface area contributed by atoms with Crippen LogP contribution in [0.15, 0.2) is 42.9 Å². The number of carbonyl (C=O) groups is 1. The number of aromatic nitrogens is 3. The highest BCUT2D eigenvalue weighted by Crippen LogP contribution is 2.17. The fourth-order valence-corrected chi connectivity index (χ4v) is 1.96. The standard InChI is InChI=1S/C13H12N4O/c18-13(10-7-16-17-8-10)15-6-9-2-1-3-12-11(9)4-5-14-12/h1-5,7-8,14H,6H2,(H,15,18)(H,16,17). The summed E-state index contributed by atoms with van der Waals surface area (Å²) in [6, 6.07) is 8.00. The second kappa shape index (κ2) is 4.37. The normalized spacial score (nSPS) is 10.7. The fourth-order valence-electron chi connectivity index (χ4n) is 1.96. The fraction of sp³-hybridized carbons (Fsp3) is 0.0769. The number of amides is 1. The first-order chi connectivity index (χ1) is 8.84. The smallest absolute Gasteiger partial charge is 0.254 e. The van der Waals surface area contributed by atoms with E-state index in [-0.39, 0.29) is 5.91 Å². The molecular formula is C13H12N4O. The number of carbonyl (C=O) groups excluding carboxylic acids is 1. The lowest BCUT2D eigenvalue weighted by Crippen LogP contribution is -2.22. The van der Waals surface area contributed by atoms with Crippen molar-refractivity contribution < 1.29 is 4.79 Å². The van der Waals surface area contributed by atoms with E-state index in [1.807, 2.05) is 30.5 Å². The molecule has 1 aromatic carbocycles. The average Bonchev–Trinajstić information content (AvgIpc) is 3.05. The summed E-state index contributed by atoms with van der Waals surface area (Å²) in [7, 11) is 0. The summed E-state index contributed by atoms with van der Waals surface area (Å²) in [6.45, 7) is 0.499. The zero-order chi connectivity index (χ0) is 12.4. The van der Waals surface area contributed by atoms with Crippen LogP contribution < -0.4 is 5.32 Å². The molecule has 0 radical (unpaired) electrons. The zero-order valence-corrected chi connectivity index (χ0v) is 9.60. The largest absolute Gasteiger partial charge is 0.361 e. The van der Waals surface area contributed by atoms with Crippen molar-refractivity contribution in [3.63, 3.8) is 0 Å². The van der Waals surface area contributed by atoms with Gasteiger partial charge in [0.15, 0.2) is 0 Å². The Morgan fingerprint density at radius 3 is 3.11 bits per heavy atom. The van der Waals surface area contributed by atoms with E-state index in [2.05, 4.69) is 20.5 Å². The third-order valence-electron chi connectivity index (χ3n) is 2.89. The second-order valence-corrected chi connectivity index (χ2v) is 4.03. The molecule has 0 bridgehead atoms. The molecule has 5 nitrogen and oxygen atoms in total. The minimum Gasteiger partial charge on any atom is -0.361 e. The molecule has 3 aromatic rings. The minimum atomic E-state index is -0.128. The van der Waals surface area contributed by atoms with Gasteiger partial charge in [0.05, 0.1) is 11.8 Å². The van der Waals surface area contributed by atoms with E-state index in [0.29, 0.717) is 12.1 Å². The molecule has 0 aliphatic rings. The minimum absolute atomic E-state index is 0.128. The Hall–Kier alpha value is -2.56. The topological polar surface area (TPSA) is 73.6 Å². The van der Waals surface area contributed by atoms with Crippen LogP contribution in [-0.4, -0.2) is 21.1 Å². The van der Waals surface area contributed by atoms with E-state index >= 15 is 0 Å². The van der Waals surface area contributed by atoms with Crippen molar-refractivity contribution in [3.05, 3.63) is 54.0 Å². The van der Waals surface area contributed by atoms with E-state index in [1.165, 1.54) is 6.20 Å². The maximum Gasteiger partial charge on any atom is 0.254 e. The second-order valence-electron chi connectivity index (χ2n) is 4.03. The first-order valence-corrected chi connectivity index (χ1v) is 5.66. The summed E-state index contributed by atoms with van der Waals surface area (Å²) in [5.74, 6) is -0.128. The Balaban J connectivity index is 1.77. The number of rotatable bonds is 3. The lowest BCUT2D eigenvalue weighted by Gasteiger charge is -2.05. The number of nitrogens with one attached hydrogen (secondary N) is 3. The highest BCUT2D eigenvalue weighted by atomic mass is 16.1. The molecule has 0 saturated carbocycles. The van der Waals surface area contributed by atoms with Gasteiger partial charge < -0.3 is 10.3 Å². The zero-order valence-electron chi connectivity index (χ0n) is 9.60. The molecule has 90 valence electrons. The van der Waals surface area contributed by atoms with Gasteiger partial charge in [-0.15, -0.1) is 0 Å². The van der Waals surface area contributed by atoms with Gasteiger partial charge in [-0.2, -0.15) is 5.10 Å². The van der Waals surface area contributed by atoms with Gasteiger partial charge in [0, 0.05) is 29.8 Å². The Bertz CT molecular complexity index is 669. The summed E-state index contributed by atoms with van der Waals surface area (Å²) in [4.78, 5) is 14.9. The number of aromatic amines is 2. The molecule has 2 heterocycles. The molecule has 2 aromatic heterocycles. The molecule has 0 aliphatic carbocycles. The first kappa shape index (κ1) is 10.6. The van der Waals surface area contributed by atoms with Crippen molar-refractivity contribution in [2.45, 2.75) is 6.54 Å². The van der Waals surface area contributed by atoms with E-state index in [9.17, 15) is 4.79 Å². The molecule has 18 heavy (non-hydrogen) atoms. The quantitative estimate of drug-likeness (QED) is 0.653. The van der Waals surface area contributed by atoms with Crippen LogP contribution in [0.4, 0.5) is 0 Å². The number of benzene rings is 1. The van der Waals surface area contributed by atoms with Crippen molar-refractivity contribution in [1.29, 1.82) is 0 Å². The molecule has 0 fully saturated rings. The van der Waals surface area contributed by atoms with Crippen molar-refractivity contribution in [2.24, 2.45) is 0 Å². The van der Waals surface area contributed by atoms with Gasteiger partial charge in [-0.25, -0.2) is 0 Å². The van der Waals surface area contributed by atoms with Crippen LogP contribution in [0, 0.1) is 0 Å². The Morgan fingerprint density at radius 1 is 1.33 bits per heavy atom. The maximum absolute atomic E-state index is 11.8. The average molecular weight is 240 g/mol. The Labute approximate surface area is 103 Å². The summed E-state index contributed by atoms with van der Waals surface area (Å²) < 4.78 is 0. The van der Waals surface area contributed by atoms with Crippen LogP contribution in [0.5, 0.6) is 0 Å². The third-order valence-corrected chi connectivity index (χ3v) is 2.89. The number of hydrogen-bond donors (Lipinski definition) is 3. The van der Waals surface area contributed by atoms with Crippen molar-refractivity contribution in [1.82, 2.24) is 20.5 Å². The summed E-state index contributed by atoms with van der Waals surface area (Å²) in [5.41, 5.74) is 2.70. The number of fused-ring (bicyclic) bond motifs is 1. The molecule has 0 spiro atoms. The third kappa shape index (κ3) is 1.86. The van der Waals surface area contributed by atoms with Crippen LogP contribution in [0.2, 0.25) is 0 Å². The lowest BCUT2D eigenvalue weighted by molar-refractivity contribution is 0.0951. The number of H-pyrrole nitrogens is 2. The summed E-state index contributed by atoms with van der Waals surface area (Å²) in [5, 5.41) is 10.4. The molecule has 5 heteroatoms. The highest BCUT2D eigenvalue weighted by molar-refractivity contribution is 5.94. The van der Waals surface area contributed by atoms with Gasteiger partial charge >= 0.3 is 0 Å². The van der Waals surface area contributed by atoms with E-state index in [0.717, 1.165) is 16.5 Å². The van der Waals surface area contributed by atoms with E-state index in [1.54, 1.807) is 6.20 Å². The van der Waals surface area contributed by atoms with Gasteiger partial charge in [-0.05, 0) is 17.7 Å². The van der Waals surface area contributed by atoms with Crippen molar-refractivity contribution in [3.8, 4) is 0 Å². The maximum atomic E-state index is 11.8. The summed E-state index contributed by atoms with van der Waals surface area (Å²) in [6.07, 6.45) is 4.98. The molecule has 1 amide bonds. The molecule has 3 rings (SSSR count). The monoisotopic (exact) mass is 240 g/mol. The molecular weight excluding hydrogens is 228 g/mol. The van der Waals surface area contributed by atoms with Gasteiger partial charge in [0.1, 0.15) is 0 Å². The van der Waals surface area contributed by atoms with Gasteiger partial charge in [0.25, 0.3) is 5.91 Å². The predicted molar refractivity (Wildman–Crippen MR) is 68.1 cm³/mol. The molecule has 3 N–H and O–H groups in total. The molecule has 0 unspecified atom stereocenters. The molecule has 0 aliphatic heterocycles. The Morgan fingerprint density at radius 2 is 2.28 bits per heavy atom. The molecule has 0 saturated heterocycles. The van der Waals surface area contributed by atoms with Crippen LogP contribution in [0.3, 0.4) is 0 Å². The summed E-state index contributed by atoms with van der Waals surface area (Å²) >= 11 is 0. The van der Waals surface area contributed by atoms with Gasteiger partial charge in [0.2, 0.25) is 0 Å². The van der Waals surface area contributed by atoms with Crippen LogP contribution in [0.25, 0.3) is 10.9 Å². The predicted octanol–water partition coefficient (Wildman–Crippen LogP) is 1.82. The van der Waals surface area contributed by atoms with Crippen molar-refractivity contribution >= 4 is 16.8 Å². The Kier molecular flexibility index (Phi) is 2.57. The van der Waals surface area contributed by atoms with Gasteiger partial charge in [-0.3, -0.25) is 9.89 Å². The number of nitrogens with zero attached hydrogens (tertiary/aromatic N) is 1. The van der Waals surface area contributed by atoms with Crippen molar-refractivity contribution in [2.75, 3.05) is 0 Å².